The van der Waals surface area contributed by atoms with Crippen molar-refractivity contribution >= 4 is 17.9 Å². The van der Waals surface area contributed by atoms with E-state index in [1.807, 2.05) is 6.92 Å². The van der Waals surface area contributed by atoms with Crippen molar-refractivity contribution < 1.29 is 4.79 Å². The zero-order valence-electron chi connectivity index (χ0n) is 7.16. The predicted octanol–water partition coefficient (Wildman–Crippen LogP) is 2.25. The topological polar surface area (TPSA) is 17.1 Å². The number of rotatable bonds is 2. The highest BCUT2D eigenvalue weighted by Gasteiger charge is 2.52. The Morgan fingerprint density at radius 3 is 2.92 bits per heavy atom. The van der Waals surface area contributed by atoms with Crippen LogP contribution in [-0.2, 0) is 4.79 Å². The molecule has 0 aromatic heterocycles. The number of alkyl halides is 1. The molecule has 0 spiro atoms. The lowest BCUT2D eigenvalue weighted by Gasteiger charge is -2.32. The summed E-state index contributed by atoms with van der Waals surface area (Å²) in [4.78, 5) is 11.0. The molecule has 0 aliphatic heterocycles. The summed E-state index contributed by atoms with van der Waals surface area (Å²) in [7, 11) is 0. The maximum absolute atomic E-state index is 11.0. The van der Waals surface area contributed by atoms with Gasteiger partial charge in [-0.05, 0) is 24.2 Å². The van der Waals surface area contributed by atoms with Gasteiger partial charge in [0.25, 0.3) is 0 Å². The Hall–Kier alpha value is -0.300. The van der Waals surface area contributed by atoms with E-state index in [1.54, 1.807) is 0 Å². The Kier molecular flexibility index (Phi) is 1.80. The summed E-state index contributed by atoms with van der Waals surface area (Å²) in [5.41, 5.74) is -0.179. The number of hydrogen-bond acceptors (Lipinski definition) is 1. The van der Waals surface area contributed by atoms with Gasteiger partial charge in [0.2, 0.25) is 0 Å². The van der Waals surface area contributed by atoms with Crippen LogP contribution in [0.1, 0.15) is 13.3 Å². The first-order valence-electron chi connectivity index (χ1n) is 4.43. The number of allylic oxidation sites excluding steroid dienone is 2. The quantitative estimate of drug-likeness (QED) is 0.366. The van der Waals surface area contributed by atoms with Crippen molar-refractivity contribution in [1.29, 1.82) is 0 Å². The lowest BCUT2D eigenvalue weighted by Crippen LogP contribution is -2.34. The SMILES string of the molecule is C[C@]1(C=O)[C@H](CCl)[C@@H]2C=C[C@H]1C2. The Morgan fingerprint density at radius 1 is 1.67 bits per heavy atom. The summed E-state index contributed by atoms with van der Waals surface area (Å²) in [6, 6.07) is 0. The lowest BCUT2D eigenvalue weighted by atomic mass is 9.72. The number of halogens is 1. The highest BCUT2D eigenvalue weighted by molar-refractivity contribution is 6.18. The maximum Gasteiger partial charge on any atom is 0.126 e. The normalized spacial score (nSPS) is 50.0. The standard InChI is InChI=1S/C10H13ClO/c1-10(6-12)8-3-2-7(4-8)9(10)5-11/h2-3,6-9H,4-5H2,1H3/t7-,8+,9-,10-/m1/s1. The van der Waals surface area contributed by atoms with Gasteiger partial charge in [-0.15, -0.1) is 11.6 Å². The first kappa shape index (κ1) is 8.31. The molecule has 1 saturated carbocycles. The number of aldehydes is 1. The molecule has 12 heavy (non-hydrogen) atoms. The fraction of sp³-hybridized carbons (Fsp3) is 0.700. The minimum atomic E-state index is -0.179. The van der Waals surface area contributed by atoms with E-state index in [1.165, 1.54) is 0 Å². The van der Waals surface area contributed by atoms with E-state index in [0.29, 0.717) is 23.6 Å². The second-order valence-electron chi connectivity index (χ2n) is 4.14. The molecule has 0 saturated heterocycles. The fourth-order valence-corrected chi connectivity index (χ4v) is 3.24. The van der Waals surface area contributed by atoms with E-state index in [0.717, 1.165) is 12.7 Å². The van der Waals surface area contributed by atoms with Gasteiger partial charge in [-0.3, -0.25) is 0 Å². The van der Waals surface area contributed by atoms with Gasteiger partial charge in [0.05, 0.1) is 0 Å². The van der Waals surface area contributed by atoms with Crippen LogP contribution < -0.4 is 0 Å². The molecule has 1 nitrogen and oxygen atoms in total. The summed E-state index contributed by atoms with van der Waals surface area (Å²) in [6.07, 6.45) is 6.64. The van der Waals surface area contributed by atoms with E-state index in [4.69, 9.17) is 11.6 Å². The zero-order chi connectivity index (χ0) is 8.77. The zero-order valence-corrected chi connectivity index (χ0v) is 7.92. The molecule has 4 atom stereocenters. The molecule has 0 radical (unpaired) electrons. The number of hydrogen-bond donors (Lipinski definition) is 0. The Morgan fingerprint density at radius 2 is 2.42 bits per heavy atom. The summed E-state index contributed by atoms with van der Waals surface area (Å²) >= 11 is 5.87. The molecule has 2 rings (SSSR count). The Bertz CT molecular complexity index is 236. The third-order valence-electron chi connectivity index (χ3n) is 3.65. The van der Waals surface area contributed by atoms with Gasteiger partial charge in [-0.2, -0.15) is 0 Å². The summed E-state index contributed by atoms with van der Waals surface area (Å²) in [5.74, 6) is 1.99. The molecule has 2 aliphatic carbocycles. The highest BCUT2D eigenvalue weighted by Crippen LogP contribution is 2.55. The van der Waals surface area contributed by atoms with E-state index in [9.17, 15) is 4.79 Å². The van der Waals surface area contributed by atoms with Crippen LogP contribution in [-0.4, -0.2) is 12.2 Å². The van der Waals surface area contributed by atoms with Crippen molar-refractivity contribution in [1.82, 2.24) is 0 Å². The molecular weight excluding hydrogens is 172 g/mol. The predicted molar refractivity (Wildman–Crippen MR) is 49.1 cm³/mol. The highest BCUT2D eigenvalue weighted by atomic mass is 35.5. The van der Waals surface area contributed by atoms with Crippen molar-refractivity contribution in [3.05, 3.63) is 12.2 Å². The third kappa shape index (κ3) is 0.832. The molecule has 66 valence electrons. The van der Waals surface area contributed by atoms with Crippen molar-refractivity contribution in [2.75, 3.05) is 5.88 Å². The van der Waals surface area contributed by atoms with Gasteiger partial charge in [0.1, 0.15) is 6.29 Å². The van der Waals surface area contributed by atoms with E-state index in [2.05, 4.69) is 12.2 Å². The summed E-state index contributed by atoms with van der Waals surface area (Å²) < 4.78 is 0. The third-order valence-corrected chi connectivity index (χ3v) is 3.98. The van der Waals surface area contributed by atoms with Crippen LogP contribution in [0.5, 0.6) is 0 Å². The molecule has 0 N–H and O–H groups in total. The van der Waals surface area contributed by atoms with Gasteiger partial charge in [-0.25, -0.2) is 0 Å². The second-order valence-corrected chi connectivity index (χ2v) is 4.44. The average molecular weight is 185 g/mol. The van der Waals surface area contributed by atoms with Crippen LogP contribution in [0.2, 0.25) is 0 Å². The molecule has 2 aliphatic rings. The Balaban J connectivity index is 2.34. The lowest BCUT2D eigenvalue weighted by molar-refractivity contribution is -0.118. The molecule has 1 fully saturated rings. The smallest absolute Gasteiger partial charge is 0.126 e. The minimum absolute atomic E-state index is 0.179. The average Bonchev–Trinajstić information content (AvgIpc) is 2.63. The molecule has 2 heteroatoms. The van der Waals surface area contributed by atoms with Crippen molar-refractivity contribution in [3.8, 4) is 0 Å². The summed E-state index contributed by atoms with van der Waals surface area (Å²) in [5, 5.41) is 0. The molecule has 0 unspecified atom stereocenters. The second kappa shape index (κ2) is 2.59. The van der Waals surface area contributed by atoms with Crippen LogP contribution in [0, 0.1) is 23.2 Å². The van der Waals surface area contributed by atoms with Crippen LogP contribution in [0.4, 0.5) is 0 Å². The molecular formula is C10H13ClO. The number of carbonyl (C=O) groups excluding carboxylic acids is 1. The first-order valence-corrected chi connectivity index (χ1v) is 4.96. The van der Waals surface area contributed by atoms with Crippen LogP contribution in [0.3, 0.4) is 0 Å². The van der Waals surface area contributed by atoms with Crippen LogP contribution in [0.15, 0.2) is 12.2 Å². The van der Waals surface area contributed by atoms with Gasteiger partial charge in [0.15, 0.2) is 0 Å². The van der Waals surface area contributed by atoms with Gasteiger partial charge in [0, 0.05) is 11.3 Å². The van der Waals surface area contributed by atoms with Crippen molar-refractivity contribution in [2.24, 2.45) is 23.2 Å². The molecule has 0 heterocycles. The van der Waals surface area contributed by atoms with Crippen molar-refractivity contribution in [2.45, 2.75) is 13.3 Å². The monoisotopic (exact) mass is 184 g/mol. The van der Waals surface area contributed by atoms with Gasteiger partial charge in [-0.1, -0.05) is 19.1 Å². The first-order chi connectivity index (χ1) is 5.72. The summed E-state index contributed by atoms with van der Waals surface area (Å²) in [6.45, 7) is 2.04. The van der Waals surface area contributed by atoms with Gasteiger partial charge < -0.3 is 4.79 Å². The van der Waals surface area contributed by atoms with Crippen LogP contribution >= 0.6 is 11.6 Å². The van der Waals surface area contributed by atoms with Gasteiger partial charge >= 0.3 is 0 Å². The Labute approximate surface area is 77.8 Å². The largest absolute Gasteiger partial charge is 0.303 e. The number of fused-ring (bicyclic) bond motifs is 2. The van der Waals surface area contributed by atoms with Crippen LogP contribution in [0.25, 0.3) is 0 Å². The fourth-order valence-electron chi connectivity index (χ4n) is 2.68. The molecule has 0 aromatic rings. The minimum Gasteiger partial charge on any atom is -0.303 e. The maximum atomic E-state index is 11.0. The number of carbonyl (C=O) groups is 1. The van der Waals surface area contributed by atoms with E-state index in [-0.39, 0.29) is 5.41 Å². The molecule has 2 bridgehead atoms. The molecule has 0 amide bonds. The van der Waals surface area contributed by atoms with E-state index < -0.39 is 0 Å². The molecule has 0 aromatic carbocycles. The van der Waals surface area contributed by atoms with Crippen molar-refractivity contribution in [3.63, 3.8) is 0 Å². The van der Waals surface area contributed by atoms with E-state index >= 15 is 0 Å².